The van der Waals surface area contributed by atoms with E-state index in [1.165, 1.54) is 37.7 Å². The fraction of sp³-hybridized carbons (Fsp3) is 0.526. The molecule has 4 saturated carbocycles. The van der Waals surface area contributed by atoms with Crippen LogP contribution in [0.2, 0.25) is 0 Å². The smallest absolute Gasteiger partial charge is 0.222 e. The van der Waals surface area contributed by atoms with Crippen molar-refractivity contribution < 1.29 is 9.52 Å². The normalized spacial score (nSPS) is 32.9. The van der Waals surface area contributed by atoms with E-state index in [0.29, 0.717) is 5.58 Å². The molecule has 1 N–H and O–H groups in total. The number of allylic oxidation sites excluding steroid dienone is 2. The summed E-state index contributed by atoms with van der Waals surface area (Å²) in [6.07, 6.45) is 6.98. The molecule has 0 aliphatic heterocycles. The Labute approximate surface area is 130 Å². The van der Waals surface area contributed by atoms with Crippen molar-refractivity contribution in [3.05, 3.63) is 29.7 Å². The summed E-state index contributed by atoms with van der Waals surface area (Å²) < 4.78 is 5.94. The van der Waals surface area contributed by atoms with Gasteiger partial charge in [0.25, 0.3) is 0 Å². The van der Waals surface area contributed by atoms with Gasteiger partial charge in [0, 0.05) is 11.6 Å². The Kier molecular flexibility index (Phi) is 2.53. The summed E-state index contributed by atoms with van der Waals surface area (Å²) in [4.78, 5) is 4.65. The molecule has 0 amide bonds. The van der Waals surface area contributed by atoms with Gasteiger partial charge < -0.3 is 9.52 Å². The number of phenolic OH excluding ortho intramolecular Hbond substituents is 1. The van der Waals surface area contributed by atoms with Gasteiger partial charge in [-0.15, -0.1) is 0 Å². The van der Waals surface area contributed by atoms with Crippen LogP contribution in [-0.4, -0.2) is 10.1 Å². The Morgan fingerprint density at radius 3 is 2.45 bits per heavy atom. The number of hydrogen-bond donors (Lipinski definition) is 1. The predicted molar refractivity (Wildman–Crippen MR) is 85.3 cm³/mol. The SMILES string of the molecule is CC(=C1C2CC3CC(C2)CC1C3)c1nc2ccc(O)cc2o1. The molecule has 4 bridgehead atoms. The summed E-state index contributed by atoms with van der Waals surface area (Å²) in [7, 11) is 0. The fourth-order valence-electron chi connectivity index (χ4n) is 5.50. The number of oxazole rings is 1. The number of phenols is 1. The molecule has 4 aliphatic carbocycles. The molecule has 4 aliphatic rings. The van der Waals surface area contributed by atoms with Crippen LogP contribution in [-0.2, 0) is 0 Å². The third-order valence-electron chi connectivity index (χ3n) is 6.14. The van der Waals surface area contributed by atoms with E-state index < -0.39 is 0 Å². The summed E-state index contributed by atoms with van der Waals surface area (Å²) in [6.45, 7) is 2.18. The number of aromatic nitrogens is 1. The van der Waals surface area contributed by atoms with E-state index in [-0.39, 0.29) is 5.75 Å². The van der Waals surface area contributed by atoms with Gasteiger partial charge >= 0.3 is 0 Å². The molecular weight excluding hydrogens is 274 g/mol. The maximum absolute atomic E-state index is 9.59. The van der Waals surface area contributed by atoms with Gasteiger partial charge in [-0.2, -0.15) is 0 Å². The number of fused-ring (bicyclic) bond motifs is 1. The zero-order valence-corrected chi connectivity index (χ0v) is 12.9. The van der Waals surface area contributed by atoms with Crippen LogP contribution in [0.5, 0.6) is 5.75 Å². The summed E-state index contributed by atoms with van der Waals surface area (Å²) in [5, 5.41) is 9.59. The first-order chi connectivity index (χ1) is 10.7. The van der Waals surface area contributed by atoms with Crippen LogP contribution in [0.4, 0.5) is 0 Å². The van der Waals surface area contributed by atoms with Crippen molar-refractivity contribution >= 4 is 16.7 Å². The second-order valence-corrected chi connectivity index (χ2v) is 7.56. The van der Waals surface area contributed by atoms with Crippen LogP contribution >= 0.6 is 0 Å². The van der Waals surface area contributed by atoms with Crippen LogP contribution in [0, 0.1) is 23.7 Å². The van der Waals surface area contributed by atoms with Crippen LogP contribution in [0.3, 0.4) is 0 Å². The maximum Gasteiger partial charge on any atom is 0.222 e. The van der Waals surface area contributed by atoms with Crippen molar-refractivity contribution in [3.63, 3.8) is 0 Å². The Morgan fingerprint density at radius 1 is 1.09 bits per heavy atom. The molecule has 22 heavy (non-hydrogen) atoms. The van der Waals surface area contributed by atoms with Crippen molar-refractivity contribution in [2.24, 2.45) is 23.7 Å². The van der Waals surface area contributed by atoms with E-state index in [0.717, 1.165) is 35.1 Å². The molecule has 1 heterocycles. The lowest BCUT2D eigenvalue weighted by atomic mass is 9.53. The predicted octanol–water partition coefficient (Wildman–Crippen LogP) is 4.76. The highest BCUT2D eigenvalue weighted by atomic mass is 16.3. The van der Waals surface area contributed by atoms with Gasteiger partial charge in [-0.05, 0) is 74.8 Å². The van der Waals surface area contributed by atoms with Crippen molar-refractivity contribution in [1.29, 1.82) is 0 Å². The molecule has 0 atom stereocenters. The molecular formula is C19H21NO2. The summed E-state index contributed by atoms with van der Waals surface area (Å²) in [5.41, 5.74) is 4.39. The summed E-state index contributed by atoms with van der Waals surface area (Å²) in [6, 6.07) is 5.15. The first kappa shape index (κ1) is 12.7. The van der Waals surface area contributed by atoms with Crippen LogP contribution in [0.1, 0.15) is 44.9 Å². The number of hydrogen-bond acceptors (Lipinski definition) is 3. The molecule has 0 saturated heterocycles. The van der Waals surface area contributed by atoms with Crippen LogP contribution < -0.4 is 0 Å². The van der Waals surface area contributed by atoms with E-state index in [2.05, 4.69) is 11.9 Å². The van der Waals surface area contributed by atoms with Crippen molar-refractivity contribution in [1.82, 2.24) is 4.98 Å². The molecule has 6 rings (SSSR count). The highest BCUT2D eigenvalue weighted by molar-refractivity contribution is 5.77. The first-order valence-corrected chi connectivity index (χ1v) is 8.48. The number of rotatable bonds is 1. The molecule has 1 aromatic carbocycles. The topological polar surface area (TPSA) is 46.3 Å². The molecule has 114 valence electrons. The minimum atomic E-state index is 0.232. The van der Waals surface area contributed by atoms with Gasteiger partial charge in [-0.25, -0.2) is 4.98 Å². The number of benzene rings is 1. The third-order valence-corrected chi connectivity index (χ3v) is 6.14. The van der Waals surface area contributed by atoms with Crippen molar-refractivity contribution in [2.75, 3.05) is 0 Å². The standard InChI is InChI=1S/C19H21NO2/c1-10(19-20-16-3-2-15(21)9-17(16)22-19)18-13-5-11-4-12(7-13)8-14(18)6-11/h2-3,9,11-14,21H,4-8H2,1H3. The van der Waals surface area contributed by atoms with Gasteiger partial charge in [-0.1, -0.05) is 5.57 Å². The average molecular weight is 295 g/mol. The highest BCUT2D eigenvalue weighted by Gasteiger charge is 2.46. The zero-order valence-electron chi connectivity index (χ0n) is 12.9. The van der Waals surface area contributed by atoms with Gasteiger partial charge in [0.05, 0.1) is 0 Å². The van der Waals surface area contributed by atoms with Crippen molar-refractivity contribution in [3.8, 4) is 5.75 Å². The lowest BCUT2D eigenvalue weighted by Gasteiger charge is -2.52. The molecule has 0 unspecified atom stereocenters. The van der Waals surface area contributed by atoms with Gasteiger partial charge in [0.1, 0.15) is 11.3 Å². The van der Waals surface area contributed by atoms with Crippen LogP contribution in [0.15, 0.2) is 28.2 Å². The fourth-order valence-corrected chi connectivity index (χ4v) is 5.50. The third kappa shape index (κ3) is 1.77. The summed E-state index contributed by atoms with van der Waals surface area (Å²) >= 11 is 0. The Hall–Kier alpha value is -1.77. The minimum Gasteiger partial charge on any atom is -0.508 e. The Morgan fingerprint density at radius 2 is 1.77 bits per heavy atom. The average Bonchev–Trinajstić information content (AvgIpc) is 2.89. The quantitative estimate of drug-likeness (QED) is 0.824. The second kappa shape index (κ2) is 4.37. The molecule has 0 spiro atoms. The molecule has 3 nitrogen and oxygen atoms in total. The minimum absolute atomic E-state index is 0.232. The van der Waals surface area contributed by atoms with E-state index in [9.17, 15) is 5.11 Å². The maximum atomic E-state index is 9.59. The Bertz CT molecular complexity index is 756. The molecule has 4 fully saturated rings. The summed E-state index contributed by atoms with van der Waals surface area (Å²) in [5.74, 6) is 4.46. The van der Waals surface area contributed by atoms with E-state index >= 15 is 0 Å². The monoisotopic (exact) mass is 295 g/mol. The van der Waals surface area contributed by atoms with Crippen molar-refractivity contribution in [2.45, 2.75) is 39.0 Å². The molecule has 0 radical (unpaired) electrons. The number of nitrogens with zero attached hydrogens (tertiary/aromatic N) is 1. The van der Waals surface area contributed by atoms with E-state index in [4.69, 9.17) is 4.42 Å². The molecule has 3 heteroatoms. The molecule has 2 aromatic rings. The second-order valence-electron chi connectivity index (χ2n) is 7.56. The van der Waals surface area contributed by atoms with E-state index in [1.54, 1.807) is 17.7 Å². The lowest BCUT2D eigenvalue weighted by Crippen LogP contribution is -2.40. The highest BCUT2D eigenvalue weighted by Crippen LogP contribution is 2.57. The lowest BCUT2D eigenvalue weighted by molar-refractivity contribution is 0.0702. The van der Waals surface area contributed by atoms with Crippen LogP contribution in [0.25, 0.3) is 16.7 Å². The van der Waals surface area contributed by atoms with Gasteiger partial charge in [-0.3, -0.25) is 0 Å². The Balaban J connectivity index is 1.60. The number of aromatic hydroxyl groups is 1. The molecule has 1 aromatic heterocycles. The van der Waals surface area contributed by atoms with Gasteiger partial charge in [0.2, 0.25) is 5.89 Å². The first-order valence-electron chi connectivity index (χ1n) is 8.48. The van der Waals surface area contributed by atoms with Gasteiger partial charge in [0.15, 0.2) is 5.58 Å². The zero-order chi connectivity index (χ0) is 14.8. The van der Waals surface area contributed by atoms with E-state index in [1.807, 2.05) is 6.07 Å². The largest absolute Gasteiger partial charge is 0.508 e.